The van der Waals surface area contributed by atoms with Crippen LogP contribution in [0.15, 0.2) is 71.6 Å². The van der Waals surface area contributed by atoms with Crippen molar-refractivity contribution in [1.82, 2.24) is 5.32 Å². The fourth-order valence-electron chi connectivity index (χ4n) is 3.55. The van der Waals surface area contributed by atoms with Crippen molar-refractivity contribution in [1.29, 1.82) is 0 Å². The molecule has 0 saturated carbocycles. The second kappa shape index (κ2) is 10.5. The van der Waals surface area contributed by atoms with Crippen molar-refractivity contribution < 1.29 is 17.9 Å². The smallest absolute Gasteiger partial charge is 0.264 e. The van der Waals surface area contributed by atoms with Gasteiger partial charge in [-0.15, -0.1) is 0 Å². The molecule has 0 radical (unpaired) electrons. The molecule has 3 aromatic rings. The largest absolute Gasteiger partial charge is 0.497 e. The van der Waals surface area contributed by atoms with Crippen LogP contribution in [0.4, 0.5) is 5.69 Å². The first-order chi connectivity index (χ1) is 15.7. The van der Waals surface area contributed by atoms with E-state index in [1.807, 2.05) is 57.2 Å². The molecule has 0 aliphatic rings. The van der Waals surface area contributed by atoms with Crippen LogP contribution in [0.3, 0.4) is 0 Å². The molecule has 0 unspecified atom stereocenters. The number of benzene rings is 3. The number of hydrogen-bond donors (Lipinski definition) is 1. The van der Waals surface area contributed by atoms with Crippen molar-refractivity contribution in [2.24, 2.45) is 0 Å². The molecule has 0 fully saturated rings. The summed E-state index contributed by atoms with van der Waals surface area (Å²) in [5.74, 6) is 0.410. The topological polar surface area (TPSA) is 75.7 Å². The monoisotopic (exact) mass is 466 g/mol. The van der Waals surface area contributed by atoms with Gasteiger partial charge in [-0.3, -0.25) is 9.10 Å². The van der Waals surface area contributed by atoms with Crippen LogP contribution in [0.2, 0.25) is 0 Å². The van der Waals surface area contributed by atoms with E-state index in [2.05, 4.69) is 5.32 Å². The summed E-state index contributed by atoms with van der Waals surface area (Å²) in [6.07, 6.45) is 0.629. The molecule has 0 saturated heterocycles. The fourth-order valence-corrected chi connectivity index (χ4v) is 5.03. The van der Waals surface area contributed by atoms with E-state index in [4.69, 9.17) is 4.74 Å². The lowest BCUT2D eigenvalue weighted by Crippen LogP contribution is -2.41. The minimum Gasteiger partial charge on any atom is -0.497 e. The highest BCUT2D eigenvalue weighted by molar-refractivity contribution is 7.92. The maximum Gasteiger partial charge on any atom is 0.264 e. The van der Waals surface area contributed by atoms with Gasteiger partial charge in [0.2, 0.25) is 5.91 Å². The number of methoxy groups -OCH3 is 1. The second-order valence-electron chi connectivity index (χ2n) is 8.06. The van der Waals surface area contributed by atoms with Crippen LogP contribution in [-0.2, 0) is 21.2 Å². The molecule has 0 heterocycles. The maximum absolute atomic E-state index is 13.5. The summed E-state index contributed by atoms with van der Waals surface area (Å²) < 4.78 is 33.4. The average molecular weight is 467 g/mol. The predicted molar refractivity (Wildman–Crippen MR) is 131 cm³/mol. The lowest BCUT2D eigenvalue weighted by molar-refractivity contribution is -0.119. The molecular formula is C26H30N2O4S. The lowest BCUT2D eigenvalue weighted by atomic mass is 10.1. The van der Waals surface area contributed by atoms with Gasteiger partial charge in [0.15, 0.2) is 0 Å². The molecule has 7 heteroatoms. The van der Waals surface area contributed by atoms with E-state index in [1.54, 1.807) is 37.4 Å². The molecular weight excluding hydrogens is 436 g/mol. The standard InChI is InChI=1S/C26H30N2O4S/c1-19-5-12-24(13-6-19)33(30,31)28(25-14-7-20(2)17-21(25)3)18-26(29)27-16-15-22-8-10-23(32-4)11-9-22/h5-14,17H,15-16,18H2,1-4H3,(H,27,29). The van der Waals surface area contributed by atoms with Crippen LogP contribution >= 0.6 is 0 Å². The predicted octanol–water partition coefficient (Wildman–Crippen LogP) is 4.17. The van der Waals surface area contributed by atoms with Crippen LogP contribution in [0.1, 0.15) is 22.3 Å². The number of aryl methyl sites for hydroxylation is 3. The summed E-state index contributed by atoms with van der Waals surface area (Å²) in [6.45, 7) is 5.79. The van der Waals surface area contributed by atoms with Gasteiger partial charge in [0, 0.05) is 6.54 Å². The number of nitrogens with one attached hydrogen (secondary N) is 1. The van der Waals surface area contributed by atoms with Crippen molar-refractivity contribution in [3.8, 4) is 5.75 Å². The van der Waals surface area contributed by atoms with E-state index in [9.17, 15) is 13.2 Å². The summed E-state index contributed by atoms with van der Waals surface area (Å²) in [7, 11) is -2.32. The molecule has 174 valence electrons. The third-order valence-electron chi connectivity index (χ3n) is 5.41. The highest BCUT2D eigenvalue weighted by atomic mass is 32.2. The van der Waals surface area contributed by atoms with E-state index >= 15 is 0 Å². The molecule has 33 heavy (non-hydrogen) atoms. The lowest BCUT2D eigenvalue weighted by Gasteiger charge is -2.26. The molecule has 0 aromatic heterocycles. The summed E-state index contributed by atoms with van der Waals surface area (Å²) in [5, 5.41) is 2.85. The Kier molecular flexibility index (Phi) is 7.76. The van der Waals surface area contributed by atoms with E-state index in [1.165, 1.54) is 4.31 Å². The van der Waals surface area contributed by atoms with Crippen LogP contribution in [-0.4, -0.2) is 34.5 Å². The third-order valence-corrected chi connectivity index (χ3v) is 7.19. The third kappa shape index (κ3) is 6.14. The zero-order valence-corrected chi connectivity index (χ0v) is 20.3. The maximum atomic E-state index is 13.5. The van der Waals surface area contributed by atoms with E-state index in [0.717, 1.165) is 28.0 Å². The van der Waals surface area contributed by atoms with Crippen molar-refractivity contribution in [2.45, 2.75) is 32.1 Å². The normalized spacial score (nSPS) is 11.2. The van der Waals surface area contributed by atoms with Crippen molar-refractivity contribution >= 4 is 21.6 Å². The zero-order valence-electron chi connectivity index (χ0n) is 19.5. The second-order valence-corrected chi connectivity index (χ2v) is 9.93. The number of amides is 1. The molecule has 6 nitrogen and oxygen atoms in total. The molecule has 0 spiro atoms. The van der Waals surface area contributed by atoms with Crippen molar-refractivity contribution in [2.75, 3.05) is 24.5 Å². The molecule has 0 atom stereocenters. The number of nitrogens with zero attached hydrogens (tertiary/aromatic N) is 1. The minimum atomic E-state index is -3.93. The molecule has 1 N–H and O–H groups in total. The van der Waals surface area contributed by atoms with Crippen molar-refractivity contribution in [3.63, 3.8) is 0 Å². The minimum absolute atomic E-state index is 0.152. The first-order valence-corrected chi connectivity index (χ1v) is 12.2. The molecule has 0 bridgehead atoms. The van der Waals surface area contributed by atoms with Crippen LogP contribution < -0.4 is 14.4 Å². The number of rotatable bonds is 9. The number of anilines is 1. The van der Waals surface area contributed by atoms with Gasteiger partial charge in [0.05, 0.1) is 17.7 Å². The Morgan fingerprint density at radius 2 is 1.55 bits per heavy atom. The van der Waals surface area contributed by atoms with Crippen LogP contribution in [0.25, 0.3) is 0 Å². The van der Waals surface area contributed by atoms with Gasteiger partial charge in [0.1, 0.15) is 12.3 Å². The highest BCUT2D eigenvalue weighted by Gasteiger charge is 2.28. The van der Waals surface area contributed by atoms with Crippen LogP contribution in [0.5, 0.6) is 5.75 Å². The van der Waals surface area contributed by atoms with Crippen LogP contribution in [0, 0.1) is 20.8 Å². The first kappa shape index (κ1) is 24.3. The molecule has 3 aromatic carbocycles. The van der Waals surface area contributed by atoms with Gasteiger partial charge in [-0.05, 0) is 68.7 Å². The van der Waals surface area contributed by atoms with Crippen molar-refractivity contribution in [3.05, 3.63) is 89.0 Å². The number of carbonyl (C=O) groups excluding carboxylic acids is 1. The Bertz CT molecular complexity index is 1200. The number of sulfonamides is 1. The van der Waals surface area contributed by atoms with E-state index < -0.39 is 10.0 Å². The van der Waals surface area contributed by atoms with Gasteiger partial charge in [0.25, 0.3) is 10.0 Å². The Hall–Kier alpha value is -3.32. The SMILES string of the molecule is COc1ccc(CCNC(=O)CN(c2ccc(C)cc2C)S(=O)(=O)c2ccc(C)cc2)cc1. The average Bonchev–Trinajstić information content (AvgIpc) is 2.78. The Labute approximate surface area is 196 Å². The zero-order chi connectivity index (χ0) is 24.0. The Morgan fingerprint density at radius 3 is 2.15 bits per heavy atom. The Balaban J connectivity index is 1.78. The molecule has 3 rings (SSSR count). The molecule has 0 aliphatic carbocycles. The molecule has 0 aliphatic heterocycles. The quantitative estimate of drug-likeness (QED) is 0.513. The summed E-state index contributed by atoms with van der Waals surface area (Å²) in [4.78, 5) is 12.9. The number of carbonyl (C=O) groups is 1. The van der Waals surface area contributed by atoms with E-state index in [0.29, 0.717) is 18.7 Å². The number of hydrogen-bond acceptors (Lipinski definition) is 4. The molecule has 1 amide bonds. The number of ether oxygens (including phenoxy) is 1. The Morgan fingerprint density at radius 1 is 0.909 bits per heavy atom. The first-order valence-electron chi connectivity index (χ1n) is 10.8. The summed E-state index contributed by atoms with van der Waals surface area (Å²) in [6, 6.07) is 19.8. The van der Waals surface area contributed by atoms with Gasteiger partial charge in [-0.1, -0.05) is 47.5 Å². The highest BCUT2D eigenvalue weighted by Crippen LogP contribution is 2.27. The summed E-state index contributed by atoms with van der Waals surface area (Å²) in [5.41, 5.74) is 4.31. The summed E-state index contributed by atoms with van der Waals surface area (Å²) >= 11 is 0. The van der Waals surface area contributed by atoms with Gasteiger partial charge >= 0.3 is 0 Å². The van der Waals surface area contributed by atoms with Gasteiger partial charge in [-0.2, -0.15) is 0 Å². The van der Waals surface area contributed by atoms with Gasteiger partial charge in [-0.25, -0.2) is 8.42 Å². The fraction of sp³-hybridized carbons (Fsp3) is 0.269. The van der Waals surface area contributed by atoms with E-state index in [-0.39, 0.29) is 17.3 Å². The van der Waals surface area contributed by atoms with Gasteiger partial charge < -0.3 is 10.1 Å².